The highest BCUT2D eigenvalue weighted by Crippen LogP contribution is 2.42. The first-order chi connectivity index (χ1) is 13.7. The third kappa shape index (κ3) is 4.72. The number of nitrogens with zero attached hydrogens (tertiary/aromatic N) is 1. The second-order valence-corrected chi connectivity index (χ2v) is 9.16. The van der Waals surface area contributed by atoms with Crippen molar-refractivity contribution < 1.29 is 23.0 Å². The second-order valence-electron chi connectivity index (χ2n) is 5.86. The van der Waals surface area contributed by atoms with Crippen LogP contribution < -0.4 is 9.79 Å². The molecule has 1 aromatic heterocycles. The van der Waals surface area contributed by atoms with Gasteiger partial charge in [-0.1, -0.05) is 65.7 Å². The van der Waals surface area contributed by atoms with Crippen molar-refractivity contribution in [3.8, 4) is 0 Å². The van der Waals surface area contributed by atoms with Gasteiger partial charge < -0.3 is 0 Å². The van der Waals surface area contributed by atoms with Crippen LogP contribution in [0.2, 0.25) is 9.36 Å². The highest BCUT2D eigenvalue weighted by molar-refractivity contribution is 7.87. The fourth-order valence-electron chi connectivity index (χ4n) is 2.85. The summed E-state index contributed by atoms with van der Waals surface area (Å²) >= 11 is 12.7. The van der Waals surface area contributed by atoms with Crippen LogP contribution >= 0.6 is 34.5 Å². The molecule has 0 radical (unpaired) electrons. The maximum Gasteiger partial charge on any atom is 0.365 e. The molecule has 1 amide bonds. The molecule has 0 saturated heterocycles. The lowest BCUT2D eigenvalue weighted by Crippen LogP contribution is -2.28. The Hall–Kier alpha value is -2.14. The molecule has 0 aliphatic carbocycles. The maximum absolute atomic E-state index is 12.3. The number of benzene rings is 2. The van der Waals surface area contributed by atoms with Gasteiger partial charge in [-0.05, 0) is 29.3 Å². The highest BCUT2D eigenvalue weighted by atomic mass is 35.5. The maximum atomic E-state index is 12.3. The zero-order valence-electron chi connectivity index (χ0n) is 14.5. The van der Waals surface area contributed by atoms with Crippen LogP contribution in [-0.2, 0) is 15.1 Å². The Morgan fingerprint density at radius 2 is 1.69 bits per heavy atom. The zero-order chi connectivity index (χ0) is 21.2. The summed E-state index contributed by atoms with van der Waals surface area (Å²) in [5, 5.41) is 9.38. The van der Waals surface area contributed by atoms with E-state index in [2.05, 4.69) is 0 Å². The SMILES string of the molecule is O=C(NO)C(c1ccccc1)c1cccc(N(c2cc(Cl)c(Cl)s2)S(=O)(=O)O)c1. The van der Waals surface area contributed by atoms with Crippen LogP contribution in [-0.4, -0.2) is 24.1 Å². The molecule has 11 heteroatoms. The van der Waals surface area contributed by atoms with Crippen molar-refractivity contribution in [3.05, 3.63) is 81.1 Å². The molecule has 0 saturated carbocycles. The Morgan fingerprint density at radius 3 is 2.24 bits per heavy atom. The Kier molecular flexibility index (Phi) is 6.47. The van der Waals surface area contributed by atoms with Crippen molar-refractivity contribution >= 4 is 61.4 Å². The highest BCUT2D eigenvalue weighted by Gasteiger charge is 2.28. The molecule has 0 aliphatic rings. The number of amides is 1. The monoisotopic (exact) mass is 472 g/mol. The molecule has 152 valence electrons. The molecule has 2 aromatic carbocycles. The number of rotatable bonds is 6. The molecule has 1 atom stereocenters. The van der Waals surface area contributed by atoms with Crippen LogP contribution in [0.4, 0.5) is 10.7 Å². The molecule has 0 spiro atoms. The van der Waals surface area contributed by atoms with E-state index in [9.17, 15) is 23.0 Å². The summed E-state index contributed by atoms with van der Waals surface area (Å²) in [6, 6.07) is 15.9. The Bertz CT molecular complexity index is 1120. The van der Waals surface area contributed by atoms with Gasteiger partial charge in [-0.2, -0.15) is 8.42 Å². The third-order valence-corrected chi connectivity index (χ3v) is 6.84. The fraction of sp³-hybridized carbons (Fsp3) is 0.0556. The predicted octanol–water partition coefficient (Wildman–Crippen LogP) is 4.63. The van der Waals surface area contributed by atoms with Crippen molar-refractivity contribution in [3.63, 3.8) is 0 Å². The van der Waals surface area contributed by atoms with E-state index >= 15 is 0 Å². The van der Waals surface area contributed by atoms with Crippen LogP contribution in [0.25, 0.3) is 0 Å². The minimum Gasteiger partial charge on any atom is -0.289 e. The van der Waals surface area contributed by atoms with Gasteiger partial charge >= 0.3 is 10.3 Å². The van der Waals surface area contributed by atoms with Crippen molar-refractivity contribution in [2.75, 3.05) is 4.31 Å². The van der Waals surface area contributed by atoms with Gasteiger partial charge in [0.2, 0.25) is 0 Å². The van der Waals surface area contributed by atoms with Gasteiger partial charge in [-0.25, -0.2) is 9.79 Å². The molecule has 0 fully saturated rings. The number of carbonyl (C=O) groups is 1. The predicted molar refractivity (Wildman–Crippen MR) is 113 cm³/mol. The average molecular weight is 473 g/mol. The minimum atomic E-state index is -4.73. The van der Waals surface area contributed by atoms with Crippen LogP contribution in [0, 0.1) is 0 Å². The van der Waals surface area contributed by atoms with Crippen molar-refractivity contribution in [2.24, 2.45) is 0 Å². The summed E-state index contributed by atoms with van der Waals surface area (Å²) in [5.41, 5.74) is 2.66. The molecule has 3 rings (SSSR count). The van der Waals surface area contributed by atoms with Crippen LogP contribution in [0.3, 0.4) is 0 Å². The number of thiophene rings is 1. The first kappa shape index (κ1) is 21.6. The van der Waals surface area contributed by atoms with Crippen molar-refractivity contribution in [2.45, 2.75) is 5.92 Å². The summed E-state index contributed by atoms with van der Waals surface area (Å²) in [7, 11) is -4.73. The lowest BCUT2D eigenvalue weighted by Gasteiger charge is -2.21. The normalized spacial score (nSPS) is 12.4. The average Bonchev–Trinajstić information content (AvgIpc) is 3.00. The molecule has 0 bridgehead atoms. The summed E-state index contributed by atoms with van der Waals surface area (Å²) in [5.74, 6) is -1.62. The standard InChI is InChI=1S/C18H14Cl2N2O5S2/c19-14-10-15(28-17(14)20)22(29(25,26)27)13-8-4-7-12(9-13)16(18(23)21-24)11-5-2-1-3-6-11/h1-10,16,24H,(H,21,23)(H,25,26,27). The summed E-state index contributed by atoms with van der Waals surface area (Å²) in [6.45, 7) is 0. The molecule has 3 N–H and O–H groups in total. The third-order valence-electron chi connectivity index (χ3n) is 4.01. The van der Waals surface area contributed by atoms with Crippen molar-refractivity contribution in [1.82, 2.24) is 5.48 Å². The van der Waals surface area contributed by atoms with Gasteiger partial charge in [0.15, 0.2) is 0 Å². The quantitative estimate of drug-likeness (QED) is 0.275. The summed E-state index contributed by atoms with van der Waals surface area (Å²) in [6.07, 6.45) is 0. The fourth-order valence-corrected chi connectivity index (χ4v) is 5.18. The van der Waals surface area contributed by atoms with Crippen LogP contribution in [0.15, 0.2) is 60.7 Å². The largest absolute Gasteiger partial charge is 0.365 e. The van der Waals surface area contributed by atoms with E-state index in [1.54, 1.807) is 41.9 Å². The van der Waals surface area contributed by atoms with Gasteiger partial charge in [0.05, 0.1) is 16.6 Å². The number of hydrogen-bond acceptors (Lipinski definition) is 5. The molecule has 1 unspecified atom stereocenters. The topological polar surface area (TPSA) is 107 Å². The van der Waals surface area contributed by atoms with E-state index in [-0.39, 0.29) is 20.0 Å². The molecule has 3 aromatic rings. The van der Waals surface area contributed by atoms with E-state index in [1.165, 1.54) is 24.3 Å². The van der Waals surface area contributed by atoms with Gasteiger partial charge in [0.1, 0.15) is 9.34 Å². The molecular weight excluding hydrogens is 459 g/mol. The Balaban J connectivity index is 2.14. The first-order valence-corrected chi connectivity index (χ1v) is 11.0. The summed E-state index contributed by atoms with van der Waals surface area (Å²) in [4.78, 5) is 12.3. The molecule has 1 heterocycles. The van der Waals surface area contributed by atoms with E-state index < -0.39 is 22.1 Å². The summed E-state index contributed by atoms with van der Waals surface area (Å²) < 4.78 is 34.8. The second kappa shape index (κ2) is 8.70. The zero-order valence-corrected chi connectivity index (χ0v) is 17.6. The first-order valence-electron chi connectivity index (χ1n) is 8.04. The van der Waals surface area contributed by atoms with Crippen LogP contribution in [0.1, 0.15) is 17.0 Å². The Morgan fingerprint density at radius 1 is 1.03 bits per heavy atom. The van der Waals surface area contributed by atoms with Crippen LogP contribution in [0.5, 0.6) is 0 Å². The smallest absolute Gasteiger partial charge is 0.289 e. The van der Waals surface area contributed by atoms with Gasteiger partial charge in [-0.3, -0.25) is 14.6 Å². The molecule has 7 nitrogen and oxygen atoms in total. The van der Waals surface area contributed by atoms with Gasteiger partial charge in [0, 0.05) is 0 Å². The number of carbonyl (C=O) groups excluding carboxylic acids is 1. The van der Waals surface area contributed by atoms with Gasteiger partial charge in [-0.15, -0.1) is 11.3 Å². The lowest BCUT2D eigenvalue weighted by atomic mass is 9.90. The minimum absolute atomic E-state index is 0.0613. The lowest BCUT2D eigenvalue weighted by molar-refractivity contribution is -0.129. The Labute approximate surface area is 181 Å². The van der Waals surface area contributed by atoms with Crippen molar-refractivity contribution in [1.29, 1.82) is 0 Å². The number of hydrogen-bond donors (Lipinski definition) is 3. The number of halogens is 2. The van der Waals surface area contributed by atoms with Gasteiger partial charge in [0.25, 0.3) is 5.91 Å². The number of hydroxylamine groups is 1. The van der Waals surface area contributed by atoms with E-state index in [1.807, 2.05) is 0 Å². The van der Waals surface area contributed by atoms with E-state index in [4.69, 9.17) is 23.2 Å². The number of anilines is 2. The molecule has 29 heavy (non-hydrogen) atoms. The molecular formula is C18H14Cl2N2O5S2. The molecule has 0 aliphatic heterocycles. The number of nitrogens with one attached hydrogen (secondary N) is 1. The van der Waals surface area contributed by atoms with E-state index in [0.717, 1.165) is 11.3 Å². The van der Waals surface area contributed by atoms with E-state index in [0.29, 0.717) is 15.4 Å².